The Balaban J connectivity index is 2.26. The van der Waals surface area contributed by atoms with Crippen molar-refractivity contribution >= 4 is 23.6 Å². The molecule has 0 aromatic rings. The van der Waals surface area contributed by atoms with Crippen LogP contribution in [0.4, 0.5) is 0 Å². The van der Waals surface area contributed by atoms with Gasteiger partial charge >= 0.3 is 5.97 Å². The average Bonchev–Trinajstić information content (AvgIpc) is 2.85. The van der Waals surface area contributed by atoms with Crippen LogP contribution in [0.1, 0.15) is 34.1 Å². The molecule has 0 saturated carbocycles. The first kappa shape index (κ1) is 15.0. The van der Waals surface area contributed by atoms with Crippen molar-refractivity contribution in [1.82, 2.24) is 4.90 Å². The van der Waals surface area contributed by atoms with Crippen LogP contribution in [0.2, 0.25) is 0 Å². The topological polar surface area (TPSA) is 72.6 Å². The first-order valence-corrected chi connectivity index (χ1v) is 7.55. The van der Waals surface area contributed by atoms with Gasteiger partial charge in [-0.05, 0) is 27.7 Å². The molecule has 0 aromatic heterocycles. The summed E-state index contributed by atoms with van der Waals surface area (Å²) in [4.78, 5) is 25.5. The minimum Gasteiger partial charge on any atom is -0.457 e. The van der Waals surface area contributed by atoms with Gasteiger partial charge in [0.2, 0.25) is 5.91 Å². The Morgan fingerprint density at radius 3 is 2.55 bits per heavy atom. The number of nitrogens with two attached hydrogens (primary N) is 1. The Morgan fingerprint density at radius 2 is 2.00 bits per heavy atom. The molecule has 1 amide bonds. The van der Waals surface area contributed by atoms with E-state index in [0.717, 1.165) is 10.7 Å². The van der Waals surface area contributed by atoms with E-state index in [2.05, 4.69) is 0 Å². The zero-order chi connectivity index (χ0) is 15.1. The van der Waals surface area contributed by atoms with Gasteiger partial charge in [0.25, 0.3) is 0 Å². The van der Waals surface area contributed by atoms with Gasteiger partial charge in [-0.1, -0.05) is 0 Å². The van der Waals surface area contributed by atoms with Crippen LogP contribution in [0.5, 0.6) is 0 Å². The second-order valence-corrected chi connectivity index (χ2v) is 6.88. The molecule has 2 heterocycles. The molecule has 2 N–H and O–H groups in total. The van der Waals surface area contributed by atoms with Crippen LogP contribution in [0.3, 0.4) is 0 Å². The molecule has 5 nitrogen and oxygen atoms in total. The zero-order valence-corrected chi connectivity index (χ0v) is 13.1. The van der Waals surface area contributed by atoms with Crippen molar-refractivity contribution in [1.29, 1.82) is 0 Å². The van der Waals surface area contributed by atoms with E-state index in [1.54, 1.807) is 18.7 Å². The molecule has 0 spiro atoms. The third kappa shape index (κ3) is 2.85. The second-order valence-electron chi connectivity index (χ2n) is 5.91. The number of fused-ring (bicyclic) bond motifs is 1. The molecule has 0 unspecified atom stereocenters. The molecule has 2 aliphatic heterocycles. The maximum absolute atomic E-state index is 12.2. The van der Waals surface area contributed by atoms with Crippen molar-refractivity contribution in [2.24, 2.45) is 5.73 Å². The minimum absolute atomic E-state index is 0.263. The number of nitrogens with zero attached hydrogens (tertiary/aromatic N) is 1. The third-order valence-electron chi connectivity index (χ3n) is 3.21. The van der Waals surface area contributed by atoms with Gasteiger partial charge < -0.3 is 15.4 Å². The molecular formula is C14H20N2O3S. The van der Waals surface area contributed by atoms with Crippen molar-refractivity contribution in [3.8, 4) is 0 Å². The summed E-state index contributed by atoms with van der Waals surface area (Å²) in [6, 6.07) is 0. The molecular weight excluding hydrogens is 276 g/mol. The van der Waals surface area contributed by atoms with E-state index in [-0.39, 0.29) is 5.97 Å². The van der Waals surface area contributed by atoms with Crippen LogP contribution in [0.15, 0.2) is 21.9 Å². The van der Waals surface area contributed by atoms with Crippen LogP contribution in [0, 0.1) is 0 Å². The van der Waals surface area contributed by atoms with E-state index in [1.807, 2.05) is 25.7 Å². The molecule has 6 heteroatoms. The van der Waals surface area contributed by atoms with Crippen molar-refractivity contribution < 1.29 is 14.3 Å². The molecule has 0 aromatic carbocycles. The van der Waals surface area contributed by atoms with Crippen molar-refractivity contribution in [2.75, 3.05) is 12.3 Å². The molecule has 0 bridgehead atoms. The predicted octanol–water partition coefficient (Wildman–Crippen LogP) is 1.75. The number of hydrogen-bond acceptors (Lipinski definition) is 5. The summed E-state index contributed by atoms with van der Waals surface area (Å²) in [6.45, 7) is 8.00. The fraction of sp³-hybridized carbons (Fsp3) is 0.571. The van der Waals surface area contributed by atoms with E-state index in [0.29, 0.717) is 29.9 Å². The fourth-order valence-corrected chi connectivity index (χ4v) is 3.58. The van der Waals surface area contributed by atoms with Gasteiger partial charge in [-0.25, -0.2) is 4.79 Å². The van der Waals surface area contributed by atoms with E-state index < -0.39 is 11.5 Å². The number of thioether (sulfide) groups is 1. The summed E-state index contributed by atoms with van der Waals surface area (Å²) in [6.07, 6.45) is 0.646. The summed E-state index contributed by atoms with van der Waals surface area (Å²) in [5.41, 5.74) is 7.03. The van der Waals surface area contributed by atoms with E-state index >= 15 is 0 Å². The molecule has 110 valence electrons. The van der Waals surface area contributed by atoms with Crippen LogP contribution in [-0.2, 0) is 14.3 Å². The summed E-state index contributed by atoms with van der Waals surface area (Å²) in [7, 11) is 0. The van der Waals surface area contributed by atoms with Crippen LogP contribution in [-0.4, -0.2) is 34.7 Å². The highest BCUT2D eigenvalue weighted by atomic mass is 32.2. The maximum Gasteiger partial charge on any atom is 0.337 e. The largest absolute Gasteiger partial charge is 0.457 e. The standard InChI is InChI=1S/C14H20N2O3S/c1-8(11(15)17)10-7-20-12-9(5-6-16(10)12)13(18)19-14(2,3)4/h5-7H2,1-4H3,(H2,15,17). The van der Waals surface area contributed by atoms with Gasteiger partial charge in [0.1, 0.15) is 5.60 Å². The quantitative estimate of drug-likeness (QED) is 0.621. The Kier molecular flexibility index (Phi) is 3.86. The number of primary amides is 1. The zero-order valence-electron chi connectivity index (χ0n) is 12.3. The Bertz CT molecular complexity index is 529. The summed E-state index contributed by atoms with van der Waals surface area (Å²) < 4.78 is 5.43. The third-order valence-corrected chi connectivity index (χ3v) is 4.37. The lowest BCUT2D eigenvalue weighted by Crippen LogP contribution is -2.24. The number of ether oxygens (including phenoxy) is 1. The lowest BCUT2D eigenvalue weighted by Gasteiger charge is -2.20. The van der Waals surface area contributed by atoms with Crippen molar-refractivity contribution in [2.45, 2.75) is 39.7 Å². The smallest absolute Gasteiger partial charge is 0.337 e. The first-order valence-electron chi connectivity index (χ1n) is 6.57. The van der Waals surface area contributed by atoms with Gasteiger partial charge in [0.05, 0.1) is 10.6 Å². The molecule has 0 radical (unpaired) electrons. The molecule has 1 fully saturated rings. The second kappa shape index (κ2) is 5.16. The Morgan fingerprint density at radius 1 is 1.35 bits per heavy atom. The molecule has 1 saturated heterocycles. The molecule has 0 aliphatic carbocycles. The summed E-state index contributed by atoms with van der Waals surface area (Å²) >= 11 is 1.57. The van der Waals surface area contributed by atoms with Gasteiger partial charge in [-0.3, -0.25) is 4.79 Å². The molecule has 20 heavy (non-hydrogen) atoms. The summed E-state index contributed by atoms with van der Waals surface area (Å²) in [5, 5.41) is 0.912. The highest BCUT2D eigenvalue weighted by Crippen LogP contribution is 2.44. The van der Waals surface area contributed by atoms with E-state index in [9.17, 15) is 9.59 Å². The lowest BCUT2D eigenvalue weighted by molar-refractivity contribution is -0.150. The van der Waals surface area contributed by atoms with Crippen LogP contribution >= 0.6 is 11.8 Å². The number of carbonyl (C=O) groups excluding carboxylic acids is 2. The average molecular weight is 296 g/mol. The van der Waals surface area contributed by atoms with E-state index in [1.165, 1.54) is 0 Å². The predicted molar refractivity (Wildman–Crippen MR) is 78.5 cm³/mol. The normalized spacial score (nSPS) is 21.1. The Hall–Kier alpha value is -1.43. The highest BCUT2D eigenvalue weighted by Gasteiger charge is 2.37. The molecule has 2 rings (SSSR count). The lowest BCUT2D eigenvalue weighted by atomic mass is 10.2. The van der Waals surface area contributed by atoms with Gasteiger partial charge in [0, 0.05) is 30.0 Å². The van der Waals surface area contributed by atoms with Gasteiger partial charge in [-0.2, -0.15) is 0 Å². The summed E-state index contributed by atoms with van der Waals surface area (Å²) in [5.74, 6) is 0.00388. The monoisotopic (exact) mass is 296 g/mol. The number of rotatable bonds is 2. The van der Waals surface area contributed by atoms with Crippen LogP contribution in [0.25, 0.3) is 0 Å². The van der Waals surface area contributed by atoms with E-state index in [4.69, 9.17) is 10.5 Å². The number of esters is 1. The van der Waals surface area contributed by atoms with Gasteiger partial charge in [-0.15, -0.1) is 11.8 Å². The minimum atomic E-state index is -0.497. The molecule has 2 aliphatic rings. The van der Waals surface area contributed by atoms with Crippen molar-refractivity contribution in [3.05, 3.63) is 21.9 Å². The first-order chi connectivity index (χ1) is 9.20. The Labute approximate surface area is 123 Å². The highest BCUT2D eigenvalue weighted by molar-refractivity contribution is 8.03. The number of amides is 1. The molecule has 0 atom stereocenters. The van der Waals surface area contributed by atoms with Crippen molar-refractivity contribution in [3.63, 3.8) is 0 Å². The number of carbonyl (C=O) groups is 2. The fourth-order valence-electron chi connectivity index (χ4n) is 2.21. The number of hydrogen-bond donors (Lipinski definition) is 1. The SMILES string of the molecule is CC(C(N)=O)=C1CSC2=C(C(=O)OC(C)(C)C)CCN12. The van der Waals surface area contributed by atoms with Gasteiger partial charge in [0.15, 0.2) is 0 Å². The van der Waals surface area contributed by atoms with Crippen LogP contribution < -0.4 is 5.73 Å². The maximum atomic E-state index is 12.2.